The van der Waals surface area contributed by atoms with Crippen LogP contribution in [0.2, 0.25) is 5.02 Å². The Hall–Kier alpha value is -1.75. The van der Waals surface area contributed by atoms with Gasteiger partial charge in [-0.05, 0) is 25.0 Å². The molecule has 0 radical (unpaired) electrons. The third kappa shape index (κ3) is 2.33. The van der Waals surface area contributed by atoms with Crippen LogP contribution in [0.5, 0.6) is 0 Å². The summed E-state index contributed by atoms with van der Waals surface area (Å²) in [5.74, 6) is 0. The van der Waals surface area contributed by atoms with Crippen molar-refractivity contribution in [1.29, 1.82) is 0 Å². The lowest BCUT2D eigenvalue weighted by Crippen LogP contribution is -2.50. The standard InChI is InChI=1S/C14H16ClN3O2/c15-12-2-1-3-13-11(12)8-18(14(20)16-13)10-4-6-17(9-19)7-5-10/h1-3,9-10H,4-8H2,(H,16,20). The monoisotopic (exact) mass is 293 g/mol. The zero-order valence-electron chi connectivity index (χ0n) is 11.0. The fourth-order valence-corrected chi connectivity index (χ4v) is 3.10. The van der Waals surface area contributed by atoms with Gasteiger partial charge < -0.3 is 15.1 Å². The second kappa shape index (κ2) is 5.32. The van der Waals surface area contributed by atoms with Crippen molar-refractivity contribution in [2.45, 2.75) is 25.4 Å². The second-order valence-electron chi connectivity index (χ2n) is 5.20. The molecule has 20 heavy (non-hydrogen) atoms. The Morgan fingerprint density at radius 1 is 1.30 bits per heavy atom. The van der Waals surface area contributed by atoms with Gasteiger partial charge in [-0.15, -0.1) is 0 Å². The van der Waals surface area contributed by atoms with E-state index in [1.807, 2.05) is 23.1 Å². The summed E-state index contributed by atoms with van der Waals surface area (Å²) in [7, 11) is 0. The minimum Gasteiger partial charge on any atom is -0.345 e. The summed E-state index contributed by atoms with van der Waals surface area (Å²) in [5.41, 5.74) is 1.76. The molecule has 1 aromatic rings. The average Bonchev–Trinajstić information content (AvgIpc) is 2.47. The normalized spacial score (nSPS) is 19.6. The number of nitrogens with one attached hydrogen (secondary N) is 1. The largest absolute Gasteiger partial charge is 0.345 e. The van der Waals surface area contributed by atoms with Crippen LogP contribution in [0.4, 0.5) is 10.5 Å². The topological polar surface area (TPSA) is 52.7 Å². The van der Waals surface area contributed by atoms with Gasteiger partial charge in [-0.1, -0.05) is 17.7 Å². The quantitative estimate of drug-likeness (QED) is 0.851. The number of nitrogens with zero attached hydrogens (tertiary/aromatic N) is 2. The van der Waals surface area contributed by atoms with Crippen molar-refractivity contribution < 1.29 is 9.59 Å². The van der Waals surface area contributed by atoms with Gasteiger partial charge in [-0.3, -0.25) is 4.79 Å². The molecule has 2 heterocycles. The van der Waals surface area contributed by atoms with Crippen molar-refractivity contribution in [2.75, 3.05) is 18.4 Å². The van der Waals surface area contributed by atoms with E-state index in [4.69, 9.17) is 11.6 Å². The summed E-state index contributed by atoms with van der Waals surface area (Å²) >= 11 is 6.21. The van der Waals surface area contributed by atoms with Crippen LogP contribution >= 0.6 is 11.6 Å². The Morgan fingerprint density at radius 2 is 2.05 bits per heavy atom. The van der Waals surface area contributed by atoms with Gasteiger partial charge >= 0.3 is 6.03 Å². The molecule has 1 N–H and O–H groups in total. The zero-order chi connectivity index (χ0) is 14.1. The van der Waals surface area contributed by atoms with Crippen LogP contribution in [0.15, 0.2) is 18.2 Å². The molecule has 1 aromatic carbocycles. The van der Waals surface area contributed by atoms with E-state index in [-0.39, 0.29) is 12.1 Å². The molecule has 0 saturated carbocycles. The second-order valence-corrected chi connectivity index (χ2v) is 5.60. The highest BCUT2D eigenvalue weighted by atomic mass is 35.5. The van der Waals surface area contributed by atoms with Crippen LogP contribution in [0.25, 0.3) is 0 Å². The third-order valence-electron chi connectivity index (χ3n) is 4.04. The maximum Gasteiger partial charge on any atom is 0.322 e. The van der Waals surface area contributed by atoms with Crippen LogP contribution in [-0.4, -0.2) is 41.4 Å². The summed E-state index contributed by atoms with van der Waals surface area (Å²) in [6.45, 7) is 1.94. The highest BCUT2D eigenvalue weighted by Crippen LogP contribution is 2.32. The molecule has 3 rings (SSSR count). The predicted molar refractivity (Wildman–Crippen MR) is 76.7 cm³/mol. The number of carbonyl (C=O) groups is 2. The molecule has 0 spiro atoms. The summed E-state index contributed by atoms with van der Waals surface area (Å²) in [5, 5.41) is 3.57. The van der Waals surface area contributed by atoms with Gasteiger partial charge in [0.15, 0.2) is 0 Å². The van der Waals surface area contributed by atoms with Crippen LogP contribution < -0.4 is 5.32 Å². The summed E-state index contributed by atoms with van der Waals surface area (Å²) < 4.78 is 0. The average molecular weight is 294 g/mol. The number of hydrogen-bond acceptors (Lipinski definition) is 2. The van der Waals surface area contributed by atoms with E-state index in [1.165, 1.54) is 0 Å². The maximum atomic E-state index is 12.2. The van der Waals surface area contributed by atoms with Crippen molar-refractivity contribution in [1.82, 2.24) is 9.80 Å². The van der Waals surface area contributed by atoms with Gasteiger partial charge in [-0.25, -0.2) is 4.79 Å². The first-order chi connectivity index (χ1) is 9.69. The molecule has 106 valence electrons. The number of urea groups is 1. The minimum atomic E-state index is -0.0793. The molecular formula is C14H16ClN3O2. The molecule has 0 bridgehead atoms. The number of rotatable bonds is 2. The molecule has 2 aliphatic rings. The third-order valence-corrected chi connectivity index (χ3v) is 4.39. The fraction of sp³-hybridized carbons (Fsp3) is 0.429. The summed E-state index contributed by atoms with van der Waals surface area (Å²) in [6, 6.07) is 5.62. The maximum absolute atomic E-state index is 12.2. The van der Waals surface area contributed by atoms with Crippen molar-refractivity contribution in [3.8, 4) is 0 Å². The molecule has 5 nitrogen and oxygen atoms in total. The minimum absolute atomic E-state index is 0.0793. The molecule has 0 unspecified atom stereocenters. The van der Waals surface area contributed by atoms with E-state index in [0.29, 0.717) is 24.7 Å². The van der Waals surface area contributed by atoms with Crippen molar-refractivity contribution in [2.24, 2.45) is 0 Å². The summed E-state index contributed by atoms with van der Waals surface area (Å²) in [6.07, 6.45) is 2.50. The lowest BCUT2D eigenvalue weighted by atomic mass is 10.0. The molecule has 0 aliphatic carbocycles. The van der Waals surface area contributed by atoms with Gasteiger partial charge in [0.05, 0.1) is 6.54 Å². The number of halogens is 1. The number of hydrogen-bond donors (Lipinski definition) is 1. The van der Waals surface area contributed by atoms with E-state index in [1.54, 1.807) is 4.90 Å². The van der Waals surface area contributed by atoms with Crippen LogP contribution in [0.3, 0.4) is 0 Å². The molecular weight excluding hydrogens is 278 g/mol. The van der Waals surface area contributed by atoms with Crippen LogP contribution in [0, 0.1) is 0 Å². The Balaban J connectivity index is 1.77. The van der Waals surface area contributed by atoms with Gasteiger partial charge in [-0.2, -0.15) is 0 Å². The van der Waals surface area contributed by atoms with E-state index >= 15 is 0 Å². The highest BCUT2D eigenvalue weighted by Gasteiger charge is 2.31. The lowest BCUT2D eigenvalue weighted by Gasteiger charge is -2.39. The van der Waals surface area contributed by atoms with Gasteiger partial charge in [0.25, 0.3) is 0 Å². The molecule has 0 atom stereocenters. The van der Waals surface area contributed by atoms with E-state index in [9.17, 15) is 9.59 Å². The molecule has 3 amide bonds. The first-order valence-corrected chi connectivity index (χ1v) is 7.11. The van der Waals surface area contributed by atoms with E-state index < -0.39 is 0 Å². The number of benzene rings is 1. The molecule has 1 fully saturated rings. The zero-order valence-corrected chi connectivity index (χ0v) is 11.8. The number of anilines is 1. The Kier molecular flexibility index (Phi) is 3.53. The Bertz CT molecular complexity index is 541. The first kappa shape index (κ1) is 13.2. The molecule has 1 saturated heterocycles. The van der Waals surface area contributed by atoms with Gasteiger partial charge in [0.1, 0.15) is 0 Å². The Labute approximate surface area is 122 Å². The number of likely N-dealkylation sites (tertiary alicyclic amines) is 1. The van der Waals surface area contributed by atoms with Crippen LogP contribution in [0.1, 0.15) is 18.4 Å². The smallest absolute Gasteiger partial charge is 0.322 e. The Morgan fingerprint density at radius 3 is 2.75 bits per heavy atom. The fourth-order valence-electron chi connectivity index (χ4n) is 2.86. The number of fused-ring (bicyclic) bond motifs is 1. The highest BCUT2D eigenvalue weighted by molar-refractivity contribution is 6.32. The predicted octanol–water partition coefficient (Wildman–Crippen LogP) is 2.31. The van der Waals surface area contributed by atoms with Crippen molar-refractivity contribution in [3.63, 3.8) is 0 Å². The number of carbonyl (C=O) groups excluding carboxylic acids is 2. The summed E-state index contributed by atoms with van der Waals surface area (Å²) in [4.78, 5) is 26.5. The first-order valence-electron chi connectivity index (χ1n) is 6.73. The lowest BCUT2D eigenvalue weighted by molar-refractivity contribution is -0.119. The van der Waals surface area contributed by atoms with E-state index in [2.05, 4.69) is 5.32 Å². The SMILES string of the molecule is O=CN1CCC(N2Cc3c(Cl)cccc3NC2=O)CC1. The van der Waals surface area contributed by atoms with Gasteiger partial charge in [0.2, 0.25) is 6.41 Å². The number of amides is 3. The molecule has 2 aliphatic heterocycles. The van der Waals surface area contributed by atoms with Crippen molar-refractivity contribution in [3.05, 3.63) is 28.8 Å². The van der Waals surface area contributed by atoms with Crippen molar-refractivity contribution >= 4 is 29.7 Å². The number of piperidine rings is 1. The van der Waals surface area contributed by atoms with E-state index in [0.717, 1.165) is 30.5 Å². The van der Waals surface area contributed by atoms with Crippen LogP contribution in [-0.2, 0) is 11.3 Å². The molecule has 6 heteroatoms. The molecule has 0 aromatic heterocycles. The van der Waals surface area contributed by atoms with Gasteiger partial charge in [0, 0.05) is 35.4 Å².